The Morgan fingerprint density at radius 1 is 1.26 bits per heavy atom. The van der Waals surface area contributed by atoms with Crippen LogP contribution in [0.4, 0.5) is 4.79 Å². The molecule has 0 unspecified atom stereocenters. The van der Waals surface area contributed by atoms with Crippen LogP contribution in [0, 0.1) is 13.8 Å². The van der Waals surface area contributed by atoms with Crippen LogP contribution in [-0.4, -0.2) is 49.7 Å². The van der Waals surface area contributed by atoms with Gasteiger partial charge in [-0.1, -0.05) is 17.7 Å². The van der Waals surface area contributed by atoms with Crippen molar-refractivity contribution in [3.63, 3.8) is 0 Å². The number of rotatable bonds is 4. The van der Waals surface area contributed by atoms with Crippen molar-refractivity contribution in [2.45, 2.75) is 32.7 Å². The lowest BCUT2D eigenvalue weighted by atomic mass is 10.1. The fraction of sp³-hybridized carbons (Fsp3) is 0.529. The minimum atomic E-state index is -0.423. The standard InChI is InChI=1S/C17H24N2O4/c1-12-4-5-15(13(2)10-12)23-11-16(20)19-8-6-14(7-9-19)18-17(21)22-3/h4-5,10,14H,6-9,11H2,1-3H3,(H,18,21). The molecule has 1 saturated heterocycles. The molecule has 1 N–H and O–H groups in total. The van der Waals surface area contributed by atoms with E-state index < -0.39 is 6.09 Å². The molecule has 1 aliphatic rings. The molecule has 1 aromatic rings. The van der Waals surface area contributed by atoms with Gasteiger partial charge in [0.2, 0.25) is 0 Å². The van der Waals surface area contributed by atoms with Gasteiger partial charge in [-0.05, 0) is 38.3 Å². The van der Waals surface area contributed by atoms with Gasteiger partial charge < -0.3 is 19.7 Å². The predicted molar refractivity (Wildman–Crippen MR) is 86.6 cm³/mol. The van der Waals surface area contributed by atoms with Gasteiger partial charge in [0.1, 0.15) is 5.75 Å². The minimum Gasteiger partial charge on any atom is -0.484 e. The molecule has 0 atom stereocenters. The topological polar surface area (TPSA) is 67.9 Å². The maximum Gasteiger partial charge on any atom is 0.407 e. The number of alkyl carbamates (subject to hydrolysis) is 1. The second kappa shape index (κ2) is 7.85. The van der Waals surface area contributed by atoms with Gasteiger partial charge in [0.15, 0.2) is 6.61 Å². The van der Waals surface area contributed by atoms with E-state index in [1.165, 1.54) is 12.7 Å². The Kier molecular flexibility index (Phi) is 5.84. The SMILES string of the molecule is COC(=O)NC1CCN(C(=O)COc2ccc(C)cc2C)CC1. The summed E-state index contributed by atoms with van der Waals surface area (Å²) in [6.07, 6.45) is 1.03. The lowest BCUT2D eigenvalue weighted by Gasteiger charge is -2.32. The predicted octanol–water partition coefficient (Wildman–Crippen LogP) is 2.03. The molecule has 1 aromatic carbocycles. The van der Waals surface area contributed by atoms with Gasteiger partial charge in [0, 0.05) is 19.1 Å². The molecule has 0 aromatic heterocycles. The summed E-state index contributed by atoms with van der Waals surface area (Å²) in [5.74, 6) is 0.715. The van der Waals surface area contributed by atoms with E-state index >= 15 is 0 Å². The first-order chi connectivity index (χ1) is 11.0. The van der Waals surface area contributed by atoms with Crippen LogP contribution in [0.2, 0.25) is 0 Å². The number of aryl methyl sites for hydroxylation is 2. The molecule has 0 spiro atoms. The van der Waals surface area contributed by atoms with Crippen molar-refractivity contribution >= 4 is 12.0 Å². The average Bonchev–Trinajstić information content (AvgIpc) is 2.54. The quantitative estimate of drug-likeness (QED) is 0.922. The highest BCUT2D eigenvalue weighted by Crippen LogP contribution is 2.19. The highest BCUT2D eigenvalue weighted by molar-refractivity contribution is 5.78. The first-order valence-electron chi connectivity index (χ1n) is 7.82. The van der Waals surface area contributed by atoms with Crippen molar-refractivity contribution in [2.24, 2.45) is 0 Å². The molecule has 1 fully saturated rings. The summed E-state index contributed by atoms with van der Waals surface area (Å²) in [5.41, 5.74) is 2.19. The Bertz CT molecular complexity index is 566. The lowest BCUT2D eigenvalue weighted by molar-refractivity contribution is -0.134. The molecule has 1 aliphatic heterocycles. The third-order valence-electron chi connectivity index (χ3n) is 4.04. The van der Waals surface area contributed by atoms with E-state index in [1.54, 1.807) is 4.90 Å². The number of hydrogen-bond acceptors (Lipinski definition) is 4. The van der Waals surface area contributed by atoms with Crippen LogP contribution in [0.15, 0.2) is 18.2 Å². The molecule has 0 bridgehead atoms. The number of amides is 2. The van der Waals surface area contributed by atoms with E-state index in [0.717, 1.165) is 24.2 Å². The van der Waals surface area contributed by atoms with Crippen molar-refractivity contribution < 1.29 is 19.1 Å². The number of carbonyl (C=O) groups is 2. The number of nitrogens with zero attached hydrogens (tertiary/aromatic N) is 1. The van der Waals surface area contributed by atoms with Gasteiger partial charge in [0.05, 0.1) is 7.11 Å². The molecule has 0 saturated carbocycles. The van der Waals surface area contributed by atoms with E-state index in [2.05, 4.69) is 10.1 Å². The largest absolute Gasteiger partial charge is 0.484 e. The fourth-order valence-electron chi connectivity index (χ4n) is 2.69. The van der Waals surface area contributed by atoms with E-state index in [1.807, 2.05) is 32.0 Å². The van der Waals surface area contributed by atoms with Crippen LogP contribution >= 0.6 is 0 Å². The molecule has 126 valence electrons. The van der Waals surface area contributed by atoms with Crippen LogP contribution in [0.3, 0.4) is 0 Å². The fourth-order valence-corrected chi connectivity index (χ4v) is 2.69. The first kappa shape index (κ1) is 17.1. The van der Waals surface area contributed by atoms with Gasteiger partial charge >= 0.3 is 6.09 Å². The Morgan fingerprint density at radius 2 is 1.96 bits per heavy atom. The number of hydrogen-bond donors (Lipinski definition) is 1. The molecule has 6 heteroatoms. The average molecular weight is 320 g/mol. The van der Waals surface area contributed by atoms with Crippen molar-refractivity contribution in [3.8, 4) is 5.75 Å². The molecule has 1 heterocycles. The molecular weight excluding hydrogens is 296 g/mol. The second-order valence-corrected chi connectivity index (χ2v) is 5.85. The molecule has 0 radical (unpaired) electrons. The molecule has 0 aliphatic carbocycles. The Hall–Kier alpha value is -2.24. The van der Waals surface area contributed by atoms with E-state index in [-0.39, 0.29) is 18.6 Å². The highest BCUT2D eigenvalue weighted by Gasteiger charge is 2.24. The van der Waals surface area contributed by atoms with Crippen LogP contribution in [0.5, 0.6) is 5.75 Å². The summed E-state index contributed by atoms with van der Waals surface area (Å²) < 4.78 is 10.2. The maximum absolute atomic E-state index is 12.2. The van der Waals surface area contributed by atoms with Crippen LogP contribution in [0.25, 0.3) is 0 Å². The summed E-state index contributed by atoms with van der Waals surface area (Å²) in [5, 5.41) is 2.77. The molecular formula is C17H24N2O4. The van der Waals surface area contributed by atoms with Crippen LogP contribution < -0.4 is 10.1 Å². The molecule has 6 nitrogen and oxygen atoms in total. The third-order valence-corrected chi connectivity index (χ3v) is 4.04. The summed E-state index contributed by atoms with van der Waals surface area (Å²) >= 11 is 0. The molecule has 23 heavy (non-hydrogen) atoms. The third kappa shape index (κ3) is 4.87. The Balaban J connectivity index is 1.78. The first-order valence-corrected chi connectivity index (χ1v) is 7.82. The summed E-state index contributed by atoms with van der Waals surface area (Å²) in [7, 11) is 1.35. The zero-order chi connectivity index (χ0) is 16.8. The van der Waals surface area contributed by atoms with Gasteiger partial charge in [-0.25, -0.2) is 4.79 Å². The van der Waals surface area contributed by atoms with Crippen LogP contribution in [-0.2, 0) is 9.53 Å². The minimum absolute atomic E-state index is 0.0264. The van der Waals surface area contributed by atoms with Gasteiger partial charge in [-0.3, -0.25) is 4.79 Å². The summed E-state index contributed by atoms with van der Waals surface area (Å²) in [4.78, 5) is 25.2. The number of carbonyl (C=O) groups excluding carboxylic acids is 2. The highest BCUT2D eigenvalue weighted by atomic mass is 16.5. The second-order valence-electron chi connectivity index (χ2n) is 5.85. The van der Waals surface area contributed by atoms with Gasteiger partial charge in [-0.15, -0.1) is 0 Å². The van der Waals surface area contributed by atoms with Crippen molar-refractivity contribution in [3.05, 3.63) is 29.3 Å². The molecule has 2 amide bonds. The van der Waals surface area contributed by atoms with Crippen molar-refractivity contribution in [1.82, 2.24) is 10.2 Å². The maximum atomic E-state index is 12.2. The number of piperidine rings is 1. The zero-order valence-electron chi connectivity index (χ0n) is 13.9. The number of benzene rings is 1. The van der Waals surface area contributed by atoms with Gasteiger partial charge in [0.25, 0.3) is 5.91 Å². The van der Waals surface area contributed by atoms with E-state index in [0.29, 0.717) is 13.1 Å². The number of nitrogens with one attached hydrogen (secondary N) is 1. The van der Waals surface area contributed by atoms with Gasteiger partial charge in [-0.2, -0.15) is 0 Å². The monoisotopic (exact) mass is 320 g/mol. The number of methoxy groups -OCH3 is 1. The lowest BCUT2D eigenvalue weighted by Crippen LogP contribution is -2.47. The number of ether oxygens (including phenoxy) is 2. The Morgan fingerprint density at radius 3 is 2.57 bits per heavy atom. The molecule has 2 rings (SSSR count). The van der Waals surface area contributed by atoms with E-state index in [4.69, 9.17) is 4.74 Å². The van der Waals surface area contributed by atoms with Crippen molar-refractivity contribution in [1.29, 1.82) is 0 Å². The number of likely N-dealkylation sites (tertiary alicyclic amines) is 1. The summed E-state index contributed by atoms with van der Waals surface area (Å²) in [6, 6.07) is 5.96. The zero-order valence-corrected chi connectivity index (χ0v) is 13.9. The summed E-state index contributed by atoms with van der Waals surface area (Å²) in [6.45, 7) is 5.26. The van der Waals surface area contributed by atoms with E-state index in [9.17, 15) is 9.59 Å². The normalized spacial score (nSPS) is 15.2. The van der Waals surface area contributed by atoms with Crippen LogP contribution in [0.1, 0.15) is 24.0 Å². The Labute approximate surface area is 136 Å². The smallest absolute Gasteiger partial charge is 0.407 e. The van der Waals surface area contributed by atoms with Crippen molar-refractivity contribution in [2.75, 3.05) is 26.8 Å².